The molecule has 0 bridgehead atoms. The molecule has 17 heavy (non-hydrogen) atoms. The van der Waals surface area contributed by atoms with Crippen LogP contribution in [-0.4, -0.2) is 32.7 Å². The minimum Gasteiger partial charge on any atom is -0.385 e. The van der Waals surface area contributed by atoms with Crippen molar-refractivity contribution in [1.82, 2.24) is 5.32 Å². The summed E-state index contributed by atoms with van der Waals surface area (Å²) in [4.78, 5) is 11.3. The van der Waals surface area contributed by atoms with E-state index in [0.717, 1.165) is 5.69 Å². The van der Waals surface area contributed by atoms with Crippen LogP contribution in [0.1, 0.15) is 6.42 Å². The van der Waals surface area contributed by atoms with Crippen molar-refractivity contribution < 1.29 is 13.9 Å². The van der Waals surface area contributed by atoms with Gasteiger partial charge in [0.15, 0.2) is 0 Å². The maximum absolute atomic E-state index is 12.6. The second kappa shape index (κ2) is 7.62. The number of anilines is 1. The van der Waals surface area contributed by atoms with Gasteiger partial charge in [-0.3, -0.25) is 4.79 Å². The van der Waals surface area contributed by atoms with Crippen molar-refractivity contribution in [3.8, 4) is 0 Å². The number of hydrogen-bond donors (Lipinski definition) is 2. The number of amides is 1. The number of rotatable bonds is 7. The number of carbonyl (C=O) groups is 1. The molecule has 0 radical (unpaired) electrons. The Kier molecular flexibility index (Phi) is 6.03. The summed E-state index contributed by atoms with van der Waals surface area (Å²) < 4.78 is 17.4. The molecule has 94 valence electrons. The van der Waals surface area contributed by atoms with Crippen LogP contribution in [0, 0.1) is 5.82 Å². The van der Waals surface area contributed by atoms with E-state index in [1.165, 1.54) is 12.1 Å². The predicted molar refractivity (Wildman–Crippen MR) is 64.4 cm³/mol. The molecule has 0 aromatic heterocycles. The van der Waals surface area contributed by atoms with Gasteiger partial charge in [0, 0.05) is 32.3 Å². The molecule has 1 aromatic carbocycles. The third-order valence-corrected chi connectivity index (χ3v) is 2.15. The Hall–Kier alpha value is -1.62. The first-order valence-electron chi connectivity index (χ1n) is 5.47. The molecule has 0 saturated heterocycles. The van der Waals surface area contributed by atoms with E-state index < -0.39 is 0 Å². The average Bonchev–Trinajstić information content (AvgIpc) is 2.32. The van der Waals surface area contributed by atoms with Gasteiger partial charge in [-0.1, -0.05) is 0 Å². The summed E-state index contributed by atoms with van der Waals surface area (Å²) in [5.41, 5.74) is 0.802. The molecule has 1 amide bonds. The highest BCUT2D eigenvalue weighted by Gasteiger charge is 2.00. The van der Waals surface area contributed by atoms with Crippen LogP contribution in [0.3, 0.4) is 0 Å². The zero-order valence-corrected chi connectivity index (χ0v) is 9.83. The molecule has 0 saturated carbocycles. The third kappa shape index (κ3) is 5.87. The van der Waals surface area contributed by atoms with E-state index in [-0.39, 0.29) is 11.7 Å². The van der Waals surface area contributed by atoms with E-state index in [1.54, 1.807) is 19.2 Å². The van der Waals surface area contributed by atoms with Crippen LogP contribution in [0.15, 0.2) is 24.3 Å². The van der Waals surface area contributed by atoms with Gasteiger partial charge in [-0.15, -0.1) is 0 Å². The van der Waals surface area contributed by atoms with E-state index in [0.29, 0.717) is 26.1 Å². The van der Waals surface area contributed by atoms with Gasteiger partial charge in [-0.2, -0.15) is 0 Å². The van der Waals surface area contributed by atoms with Crippen molar-refractivity contribution >= 4 is 11.6 Å². The molecule has 0 unspecified atom stereocenters. The molecule has 0 aliphatic carbocycles. The van der Waals surface area contributed by atoms with Gasteiger partial charge in [0.1, 0.15) is 5.82 Å². The monoisotopic (exact) mass is 240 g/mol. The fraction of sp³-hybridized carbons (Fsp3) is 0.417. The predicted octanol–water partition coefficient (Wildman–Crippen LogP) is 1.39. The summed E-state index contributed by atoms with van der Waals surface area (Å²) in [5, 5.41) is 5.75. The van der Waals surface area contributed by atoms with Crippen molar-refractivity contribution in [3.05, 3.63) is 30.1 Å². The highest BCUT2D eigenvalue weighted by atomic mass is 19.1. The number of hydrogen-bond acceptors (Lipinski definition) is 3. The normalized spacial score (nSPS) is 10.0. The number of carbonyl (C=O) groups excluding carboxylic acids is 1. The Morgan fingerprint density at radius 3 is 2.65 bits per heavy atom. The second-order valence-corrected chi connectivity index (χ2v) is 3.53. The lowest BCUT2D eigenvalue weighted by atomic mass is 10.3. The van der Waals surface area contributed by atoms with Crippen molar-refractivity contribution in [1.29, 1.82) is 0 Å². The summed E-state index contributed by atoms with van der Waals surface area (Å²) in [7, 11) is 1.59. The van der Waals surface area contributed by atoms with Crippen molar-refractivity contribution in [2.45, 2.75) is 6.42 Å². The third-order valence-electron chi connectivity index (χ3n) is 2.15. The molecule has 0 spiro atoms. The van der Waals surface area contributed by atoms with Gasteiger partial charge in [0.25, 0.3) is 0 Å². The van der Waals surface area contributed by atoms with Crippen LogP contribution < -0.4 is 10.6 Å². The Morgan fingerprint density at radius 1 is 1.29 bits per heavy atom. The first-order valence-corrected chi connectivity index (χ1v) is 5.47. The van der Waals surface area contributed by atoms with Crippen molar-refractivity contribution in [3.63, 3.8) is 0 Å². The molecule has 1 rings (SSSR count). The molecular formula is C12H17FN2O2. The lowest BCUT2D eigenvalue weighted by Gasteiger charge is -2.07. The number of nitrogens with one attached hydrogen (secondary N) is 2. The largest absolute Gasteiger partial charge is 0.385 e. The Morgan fingerprint density at radius 2 is 2.00 bits per heavy atom. The average molecular weight is 240 g/mol. The highest BCUT2D eigenvalue weighted by Crippen LogP contribution is 2.07. The zero-order valence-electron chi connectivity index (χ0n) is 9.83. The maximum Gasteiger partial charge on any atom is 0.221 e. The quantitative estimate of drug-likeness (QED) is 0.708. The van der Waals surface area contributed by atoms with E-state index in [1.807, 2.05) is 0 Å². The standard InChI is InChI=1S/C12H17FN2O2/c1-17-9-8-15-12(16)6-7-14-11-4-2-10(13)3-5-11/h2-5,14H,6-9H2,1H3,(H,15,16). The van der Waals surface area contributed by atoms with Gasteiger partial charge in [-0.25, -0.2) is 4.39 Å². The Balaban J connectivity index is 2.14. The van der Waals surface area contributed by atoms with Crippen LogP contribution in [0.2, 0.25) is 0 Å². The number of methoxy groups -OCH3 is 1. The topological polar surface area (TPSA) is 50.4 Å². The smallest absolute Gasteiger partial charge is 0.221 e. The highest BCUT2D eigenvalue weighted by molar-refractivity contribution is 5.76. The molecule has 5 heteroatoms. The van der Waals surface area contributed by atoms with Crippen LogP contribution in [0.4, 0.5) is 10.1 Å². The zero-order chi connectivity index (χ0) is 12.5. The van der Waals surface area contributed by atoms with Gasteiger partial charge in [0.2, 0.25) is 5.91 Å². The Bertz CT molecular complexity index is 341. The lowest BCUT2D eigenvalue weighted by molar-refractivity contribution is -0.121. The van der Waals surface area contributed by atoms with Crippen LogP contribution >= 0.6 is 0 Å². The summed E-state index contributed by atoms with van der Waals surface area (Å²) in [5.74, 6) is -0.301. The lowest BCUT2D eigenvalue weighted by Crippen LogP contribution is -2.28. The van der Waals surface area contributed by atoms with Gasteiger partial charge < -0.3 is 15.4 Å². The molecule has 0 aliphatic rings. The van der Waals surface area contributed by atoms with Crippen LogP contribution in [-0.2, 0) is 9.53 Å². The molecule has 1 aromatic rings. The van der Waals surface area contributed by atoms with Gasteiger partial charge in [-0.05, 0) is 24.3 Å². The summed E-state index contributed by atoms with van der Waals surface area (Å²) >= 11 is 0. The first kappa shape index (κ1) is 13.4. The summed E-state index contributed by atoms with van der Waals surface area (Å²) in [6, 6.07) is 6.03. The number of halogens is 1. The Labute approximate surface area is 100 Å². The fourth-order valence-electron chi connectivity index (χ4n) is 1.27. The number of ether oxygens (including phenoxy) is 1. The van der Waals surface area contributed by atoms with Gasteiger partial charge in [0.05, 0.1) is 6.61 Å². The minimum atomic E-state index is -0.271. The van der Waals surface area contributed by atoms with Crippen molar-refractivity contribution in [2.24, 2.45) is 0 Å². The van der Waals surface area contributed by atoms with Gasteiger partial charge >= 0.3 is 0 Å². The second-order valence-electron chi connectivity index (χ2n) is 3.53. The number of benzene rings is 1. The maximum atomic E-state index is 12.6. The molecule has 0 atom stereocenters. The molecular weight excluding hydrogens is 223 g/mol. The molecule has 0 aliphatic heterocycles. The fourth-order valence-corrected chi connectivity index (χ4v) is 1.27. The first-order chi connectivity index (χ1) is 8.22. The molecule has 4 nitrogen and oxygen atoms in total. The van der Waals surface area contributed by atoms with E-state index in [4.69, 9.17) is 4.74 Å². The summed E-state index contributed by atoms with van der Waals surface area (Å²) in [6.07, 6.45) is 0.376. The van der Waals surface area contributed by atoms with Crippen LogP contribution in [0.5, 0.6) is 0 Å². The summed E-state index contributed by atoms with van der Waals surface area (Å²) in [6.45, 7) is 1.55. The molecule has 0 heterocycles. The molecule has 2 N–H and O–H groups in total. The van der Waals surface area contributed by atoms with E-state index >= 15 is 0 Å². The van der Waals surface area contributed by atoms with Crippen molar-refractivity contribution in [2.75, 3.05) is 32.1 Å². The molecule has 0 fully saturated rings. The van der Waals surface area contributed by atoms with Crippen LogP contribution in [0.25, 0.3) is 0 Å². The van der Waals surface area contributed by atoms with E-state index in [2.05, 4.69) is 10.6 Å². The SMILES string of the molecule is COCCNC(=O)CCNc1ccc(F)cc1. The minimum absolute atomic E-state index is 0.0309. The van der Waals surface area contributed by atoms with E-state index in [9.17, 15) is 9.18 Å².